The second kappa shape index (κ2) is 10.5. The van der Waals surface area contributed by atoms with E-state index in [9.17, 15) is 9.59 Å². The highest BCUT2D eigenvalue weighted by Crippen LogP contribution is 2.51. The zero-order valence-electron chi connectivity index (χ0n) is 20.8. The number of esters is 1. The molecule has 2 aliphatic heterocycles. The van der Waals surface area contributed by atoms with Crippen molar-refractivity contribution >= 4 is 33.5 Å². The Morgan fingerprint density at radius 3 is 2.57 bits per heavy atom. The van der Waals surface area contributed by atoms with Crippen LogP contribution in [-0.4, -0.2) is 31.7 Å². The third-order valence-electron chi connectivity index (χ3n) is 6.80. The van der Waals surface area contributed by atoms with Crippen molar-refractivity contribution in [2.24, 2.45) is 0 Å². The number of anilines is 1. The summed E-state index contributed by atoms with van der Waals surface area (Å²) >= 11 is 3.71. The number of amides is 1. The van der Waals surface area contributed by atoms with Crippen LogP contribution in [0.15, 0.2) is 88.9 Å². The number of methoxy groups -OCH3 is 1. The molecule has 1 amide bonds. The van der Waals surface area contributed by atoms with E-state index in [0.717, 1.165) is 32.6 Å². The van der Waals surface area contributed by atoms with E-state index >= 15 is 0 Å². The summed E-state index contributed by atoms with van der Waals surface area (Å²) in [6.45, 7) is 2.73. The summed E-state index contributed by atoms with van der Waals surface area (Å²) in [6, 6.07) is 22.6. The minimum atomic E-state index is -1.16. The molecule has 0 radical (unpaired) electrons. The Balaban J connectivity index is 1.47. The highest BCUT2D eigenvalue weighted by molar-refractivity contribution is 9.10. The second-order valence-electron chi connectivity index (χ2n) is 9.37. The number of hydrogen-bond acceptors (Lipinski definition) is 5. The maximum Gasteiger partial charge on any atom is 0.337 e. The first kappa shape index (κ1) is 25.2. The molecule has 7 heteroatoms. The van der Waals surface area contributed by atoms with Gasteiger partial charge in [-0.05, 0) is 55.3 Å². The minimum Gasteiger partial charge on any atom is -0.491 e. The van der Waals surface area contributed by atoms with Crippen molar-refractivity contribution in [1.82, 2.24) is 0 Å². The number of para-hydroxylation sites is 1. The molecule has 3 aromatic carbocycles. The molecular formula is C30H28BrNO5. The van der Waals surface area contributed by atoms with Gasteiger partial charge in [-0.25, -0.2) is 4.79 Å². The van der Waals surface area contributed by atoms with Gasteiger partial charge in [0.2, 0.25) is 0 Å². The van der Waals surface area contributed by atoms with Crippen molar-refractivity contribution in [2.75, 3.05) is 18.6 Å². The van der Waals surface area contributed by atoms with Crippen LogP contribution in [0.1, 0.15) is 41.3 Å². The number of nitrogens with zero attached hydrogens (tertiary/aromatic N) is 1. The third-order valence-corrected chi connectivity index (χ3v) is 7.46. The van der Waals surface area contributed by atoms with E-state index in [2.05, 4.69) is 22.0 Å². The Hall–Kier alpha value is -3.42. The van der Waals surface area contributed by atoms with E-state index in [0.29, 0.717) is 31.6 Å². The first-order valence-electron chi connectivity index (χ1n) is 12.2. The Morgan fingerprint density at radius 1 is 1.08 bits per heavy atom. The molecule has 0 N–H and O–H groups in total. The zero-order chi connectivity index (χ0) is 26.0. The molecule has 0 saturated carbocycles. The molecule has 3 aromatic rings. The van der Waals surface area contributed by atoms with Crippen molar-refractivity contribution in [2.45, 2.75) is 38.0 Å². The minimum absolute atomic E-state index is 0.106. The maximum atomic E-state index is 14.3. The number of benzene rings is 3. The van der Waals surface area contributed by atoms with Gasteiger partial charge in [-0.1, -0.05) is 64.0 Å². The first-order valence-corrected chi connectivity index (χ1v) is 13.0. The van der Waals surface area contributed by atoms with E-state index in [1.165, 1.54) is 7.11 Å². The van der Waals surface area contributed by atoms with Gasteiger partial charge < -0.3 is 19.1 Å². The van der Waals surface area contributed by atoms with Crippen LogP contribution >= 0.6 is 15.9 Å². The van der Waals surface area contributed by atoms with E-state index in [4.69, 9.17) is 14.2 Å². The van der Waals surface area contributed by atoms with Gasteiger partial charge in [0.25, 0.3) is 5.91 Å². The molecule has 37 heavy (non-hydrogen) atoms. The summed E-state index contributed by atoms with van der Waals surface area (Å²) in [6.07, 6.45) is 2.95. The monoisotopic (exact) mass is 561 g/mol. The second-order valence-corrected chi connectivity index (χ2v) is 10.2. The first-order chi connectivity index (χ1) is 17.9. The van der Waals surface area contributed by atoms with Crippen LogP contribution < -0.4 is 9.64 Å². The van der Waals surface area contributed by atoms with Crippen LogP contribution in [0.2, 0.25) is 0 Å². The van der Waals surface area contributed by atoms with E-state index in [1.807, 2.05) is 67.6 Å². The van der Waals surface area contributed by atoms with Gasteiger partial charge in [0, 0.05) is 16.5 Å². The molecule has 2 aliphatic rings. The lowest BCUT2D eigenvalue weighted by Gasteiger charge is -2.32. The Labute approximate surface area is 225 Å². The molecule has 1 spiro atoms. The number of carbonyl (C=O) groups excluding carboxylic acids is 2. The van der Waals surface area contributed by atoms with E-state index in [1.54, 1.807) is 17.0 Å². The number of fused-ring (bicyclic) bond motifs is 2. The Morgan fingerprint density at radius 2 is 1.84 bits per heavy atom. The van der Waals surface area contributed by atoms with Crippen molar-refractivity contribution in [3.8, 4) is 5.75 Å². The maximum absolute atomic E-state index is 14.3. The predicted molar refractivity (Wildman–Crippen MR) is 145 cm³/mol. The number of halogens is 1. The molecule has 2 atom stereocenters. The fourth-order valence-electron chi connectivity index (χ4n) is 5.03. The lowest BCUT2D eigenvalue weighted by atomic mass is 9.88. The van der Waals surface area contributed by atoms with Gasteiger partial charge in [-0.3, -0.25) is 4.79 Å². The van der Waals surface area contributed by atoms with Crippen LogP contribution in [0.5, 0.6) is 5.75 Å². The fraction of sp³-hybridized carbons (Fsp3) is 0.267. The van der Waals surface area contributed by atoms with Crippen LogP contribution in [0.25, 0.3) is 0 Å². The fourth-order valence-corrected chi connectivity index (χ4v) is 5.70. The molecule has 2 heterocycles. The summed E-state index contributed by atoms with van der Waals surface area (Å²) in [5.41, 5.74) is 2.95. The average Bonchev–Trinajstić information content (AvgIpc) is 3.02. The third kappa shape index (κ3) is 4.93. The zero-order valence-corrected chi connectivity index (χ0v) is 22.4. The normalized spacial score (nSPS) is 20.8. The Bertz CT molecular complexity index is 1340. The quantitative estimate of drug-likeness (QED) is 0.265. The van der Waals surface area contributed by atoms with Gasteiger partial charge >= 0.3 is 5.97 Å². The van der Waals surface area contributed by atoms with Crippen molar-refractivity contribution in [3.63, 3.8) is 0 Å². The summed E-state index contributed by atoms with van der Waals surface area (Å²) < 4.78 is 18.4. The lowest BCUT2D eigenvalue weighted by molar-refractivity contribution is -0.154. The molecule has 0 bridgehead atoms. The van der Waals surface area contributed by atoms with Gasteiger partial charge in [-0.2, -0.15) is 0 Å². The van der Waals surface area contributed by atoms with Crippen LogP contribution in [0.4, 0.5) is 5.69 Å². The summed E-state index contributed by atoms with van der Waals surface area (Å²) in [4.78, 5) is 27.9. The van der Waals surface area contributed by atoms with Gasteiger partial charge in [0.1, 0.15) is 12.4 Å². The molecule has 0 fully saturated rings. The van der Waals surface area contributed by atoms with Gasteiger partial charge in [-0.15, -0.1) is 0 Å². The summed E-state index contributed by atoms with van der Waals surface area (Å²) in [7, 11) is 1.36. The predicted octanol–water partition coefficient (Wildman–Crippen LogP) is 6.18. The number of carbonyl (C=O) groups is 2. The Kier molecular flexibility index (Phi) is 7.17. The molecule has 0 saturated heterocycles. The van der Waals surface area contributed by atoms with Gasteiger partial charge in [0.05, 0.1) is 31.0 Å². The molecular weight excluding hydrogens is 534 g/mol. The van der Waals surface area contributed by atoms with E-state index in [-0.39, 0.29) is 12.0 Å². The molecule has 0 aliphatic carbocycles. The molecule has 0 aromatic heterocycles. The smallest absolute Gasteiger partial charge is 0.337 e. The SMILES string of the molecule is COC(=O)c1ccc(CN2C(=O)C3(CC(C)=CCC(COc4ccccc4)O3)c3c(Br)cccc32)cc1. The van der Waals surface area contributed by atoms with Crippen molar-refractivity contribution in [3.05, 3.63) is 106 Å². The number of ether oxygens (including phenoxy) is 3. The molecule has 190 valence electrons. The number of rotatable bonds is 6. The standard InChI is InChI=1S/C30H28BrNO5/c1-20-11-16-24(19-36-23-7-4-3-5-8-23)37-30(17-20)27-25(31)9-6-10-26(27)32(29(30)34)18-21-12-14-22(15-13-21)28(33)35-2/h3-15,24H,16-19H2,1-2H3. The van der Waals surface area contributed by atoms with Crippen LogP contribution in [0.3, 0.4) is 0 Å². The highest BCUT2D eigenvalue weighted by Gasteiger charge is 2.55. The highest BCUT2D eigenvalue weighted by atomic mass is 79.9. The van der Waals surface area contributed by atoms with Crippen molar-refractivity contribution in [1.29, 1.82) is 0 Å². The molecule has 5 rings (SSSR count). The van der Waals surface area contributed by atoms with Crippen LogP contribution in [-0.2, 0) is 26.4 Å². The topological polar surface area (TPSA) is 65.1 Å². The number of hydrogen-bond donors (Lipinski definition) is 0. The largest absolute Gasteiger partial charge is 0.491 e. The summed E-state index contributed by atoms with van der Waals surface area (Å²) in [5, 5.41) is 0. The summed E-state index contributed by atoms with van der Waals surface area (Å²) in [5.74, 6) is 0.266. The molecule has 6 nitrogen and oxygen atoms in total. The average molecular weight is 562 g/mol. The van der Waals surface area contributed by atoms with E-state index < -0.39 is 11.6 Å². The van der Waals surface area contributed by atoms with Crippen molar-refractivity contribution < 1.29 is 23.8 Å². The lowest BCUT2D eigenvalue weighted by Crippen LogP contribution is -2.45. The van der Waals surface area contributed by atoms with Crippen LogP contribution in [0, 0.1) is 0 Å². The molecule has 2 unspecified atom stereocenters. The van der Waals surface area contributed by atoms with Gasteiger partial charge in [0.15, 0.2) is 5.60 Å².